The summed E-state index contributed by atoms with van der Waals surface area (Å²) >= 11 is 0. The SMILES string of the molecule is COc1c(N)ncnc1NC1CCC(C)CC1C. The lowest BCUT2D eigenvalue weighted by atomic mass is 9.80. The molecule has 0 radical (unpaired) electrons. The molecular formula is C13H22N4O. The van der Waals surface area contributed by atoms with E-state index in [1.54, 1.807) is 7.11 Å². The van der Waals surface area contributed by atoms with Crippen LogP contribution in [0.2, 0.25) is 0 Å². The van der Waals surface area contributed by atoms with E-state index in [1.807, 2.05) is 0 Å². The number of nitrogen functional groups attached to an aromatic ring is 1. The van der Waals surface area contributed by atoms with Crippen LogP contribution in [0.3, 0.4) is 0 Å². The van der Waals surface area contributed by atoms with Gasteiger partial charge in [0, 0.05) is 6.04 Å². The van der Waals surface area contributed by atoms with E-state index in [2.05, 4.69) is 29.1 Å². The zero-order valence-electron chi connectivity index (χ0n) is 11.3. The third-order valence-electron chi connectivity index (χ3n) is 3.79. The van der Waals surface area contributed by atoms with E-state index in [9.17, 15) is 0 Å². The lowest BCUT2D eigenvalue weighted by molar-refractivity contribution is 0.275. The van der Waals surface area contributed by atoms with Crippen LogP contribution in [0.15, 0.2) is 6.33 Å². The summed E-state index contributed by atoms with van der Waals surface area (Å²) < 4.78 is 5.26. The summed E-state index contributed by atoms with van der Waals surface area (Å²) in [6.45, 7) is 4.60. The number of aromatic nitrogens is 2. The highest BCUT2D eigenvalue weighted by molar-refractivity contribution is 5.61. The lowest BCUT2D eigenvalue weighted by Gasteiger charge is -2.33. The third kappa shape index (κ3) is 2.66. The first-order valence-corrected chi connectivity index (χ1v) is 6.52. The second kappa shape index (κ2) is 5.42. The van der Waals surface area contributed by atoms with Crippen LogP contribution < -0.4 is 15.8 Å². The van der Waals surface area contributed by atoms with Gasteiger partial charge in [-0.25, -0.2) is 9.97 Å². The summed E-state index contributed by atoms with van der Waals surface area (Å²) in [5.74, 6) is 3.08. The molecule has 1 aliphatic rings. The van der Waals surface area contributed by atoms with Crippen molar-refractivity contribution in [2.24, 2.45) is 11.8 Å². The van der Waals surface area contributed by atoms with Gasteiger partial charge >= 0.3 is 0 Å². The van der Waals surface area contributed by atoms with Gasteiger partial charge < -0.3 is 15.8 Å². The predicted molar refractivity (Wildman–Crippen MR) is 72.6 cm³/mol. The van der Waals surface area contributed by atoms with E-state index in [0.717, 1.165) is 12.3 Å². The number of hydrogen-bond donors (Lipinski definition) is 2. The molecule has 0 amide bonds. The van der Waals surface area contributed by atoms with Crippen LogP contribution in [-0.2, 0) is 0 Å². The van der Waals surface area contributed by atoms with E-state index in [0.29, 0.717) is 29.3 Å². The van der Waals surface area contributed by atoms with E-state index in [4.69, 9.17) is 10.5 Å². The van der Waals surface area contributed by atoms with Crippen LogP contribution in [0.4, 0.5) is 11.6 Å². The van der Waals surface area contributed by atoms with Gasteiger partial charge in [0.25, 0.3) is 0 Å². The molecule has 100 valence electrons. The molecule has 18 heavy (non-hydrogen) atoms. The Bertz CT molecular complexity index is 410. The first-order valence-electron chi connectivity index (χ1n) is 6.52. The first-order chi connectivity index (χ1) is 8.61. The van der Waals surface area contributed by atoms with Gasteiger partial charge in [0.2, 0.25) is 5.75 Å². The van der Waals surface area contributed by atoms with Crippen LogP contribution in [0, 0.1) is 11.8 Å². The minimum absolute atomic E-state index is 0.381. The molecular weight excluding hydrogens is 228 g/mol. The average Bonchev–Trinajstić information content (AvgIpc) is 2.33. The van der Waals surface area contributed by atoms with Crippen molar-refractivity contribution in [2.45, 2.75) is 39.2 Å². The molecule has 5 nitrogen and oxygen atoms in total. The number of ether oxygens (including phenoxy) is 1. The van der Waals surface area contributed by atoms with Crippen molar-refractivity contribution >= 4 is 11.6 Å². The molecule has 1 aliphatic carbocycles. The molecule has 3 atom stereocenters. The second-order valence-electron chi connectivity index (χ2n) is 5.29. The molecule has 1 aromatic heterocycles. The van der Waals surface area contributed by atoms with E-state index >= 15 is 0 Å². The van der Waals surface area contributed by atoms with Gasteiger partial charge in [-0.2, -0.15) is 0 Å². The molecule has 3 unspecified atom stereocenters. The Morgan fingerprint density at radius 2 is 2.11 bits per heavy atom. The third-order valence-corrected chi connectivity index (χ3v) is 3.79. The fourth-order valence-electron chi connectivity index (χ4n) is 2.75. The zero-order chi connectivity index (χ0) is 13.1. The van der Waals surface area contributed by atoms with Crippen LogP contribution in [0.5, 0.6) is 5.75 Å². The lowest BCUT2D eigenvalue weighted by Crippen LogP contribution is -2.33. The normalized spacial score (nSPS) is 27.8. The van der Waals surface area contributed by atoms with Crippen LogP contribution in [0.25, 0.3) is 0 Å². The van der Waals surface area contributed by atoms with Crippen molar-refractivity contribution in [1.29, 1.82) is 0 Å². The van der Waals surface area contributed by atoms with E-state index in [-0.39, 0.29) is 0 Å². The van der Waals surface area contributed by atoms with Gasteiger partial charge in [-0.15, -0.1) is 0 Å². The molecule has 1 aromatic rings. The van der Waals surface area contributed by atoms with Crippen LogP contribution in [-0.4, -0.2) is 23.1 Å². The molecule has 2 rings (SSSR count). The minimum Gasteiger partial charge on any atom is -0.490 e. The highest BCUT2D eigenvalue weighted by Crippen LogP contribution is 2.33. The molecule has 1 heterocycles. The largest absolute Gasteiger partial charge is 0.490 e. The zero-order valence-corrected chi connectivity index (χ0v) is 11.3. The van der Waals surface area contributed by atoms with Crippen molar-refractivity contribution < 1.29 is 4.74 Å². The first kappa shape index (κ1) is 12.9. The summed E-state index contributed by atoms with van der Waals surface area (Å²) in [5.41, 5.74) is 5.78. The quantitative estimate of drug-likeness (QED) is 0.861. The summed E-state index contributed by atoms with van der Waals surface area (Å²) in [6, 6.07) is 0.435. The number of nitrogens with one attached hydrogen (secondary N) is 1. The maximum Gasteiger partial charge on any atom is 0.203 e. The maximum absolute atomic E-state index is 5.78. The standard InChI is InChI=1S/C13H22N4O/c1-8-4-5-10(9(2)6-8)17-13-11(18-3)12(14)15-7-16-13/h7-10H,4-6H2,1-3H3,(H3,14,15,16,17). The number of nitrogens with zero attached hydrogens (tertiary/aromatic N) is 2. The van der Waals surface area contributed by atoms with Crippen molar-refractivity contribution in [3.05, 3.63) is 6.33 Å². The average molecular weight is 250 g/mol. The molecule has 0 aliphatic heterocycles. The Hall–Kier alpha value is -1.52. The minimum atomic E-state index is 0.381. The second-order valence-corrected chi connectivity index (χ2v) is 5.29. The molecule has 0 spiro atoms. The van der Waals surface area contributed by atoms with Crippen LogP contribution >= 0.6 is 0 Å². The molecule has 5 heteroatoms. The topological polar surface area (TPSA) is 73.1 Å². The summed E-state index contributed by atoms with van der Waals surface area (Å²) in [5, 5.41) is 3.46. The van der Waals surface area contributed by atoms with Crippen LogP contribution in [0.1, 0.15) is 33.1 Å². The predicted octanol–water partition coefficient (Wildman–Crippen LogP) is 2.30. The van der Waals surface area contributed by atoms with E-state index in [1.165, 1.54) is 19.2 Å². The molecule has 0 bridgehead atoms. The smallest absolute Gasteiger partial charge is 0.203 e. The molecule has 1 saturated carbocycles. The molecule has 3 N–H and O–H groups in total. The van der Waals surface area contributed by atoms with Crippen molar-refractivity contribution in [3.63, 3.8) is 0 Å². The van der Waals surface area contributed by atoms with Gasteiger partial charge in [0.1, 0.15) is 6.33 Å². The van der Waals surface area contributed by atoms with Gasteiger partial charge in [0.15, 0.2) is 11.6 Å². The summed E-state index contributed by atoms with van der Waals surface area (Å²) in [6.07, 6.45) is 5.14. The highest BCUT2D eigenvalue weighted by Gasteiger charge is 2.26. The maximum atomic E-state index is 5.78. The Morgan fingerprint density at radius 1 is 1.33 bits per heavy atom. The molecule has 0 saturated heterocycles. The van der Waals surface area contributed by atoms with Gasteiger partial charge in [-0.1, -0.05) is 13.8 Å². The Morgan fingerprint density at radius 3 is 2.78 bits per heavy atom. The highest BCUT2D eigenvalue weighted by atomic mass is 16.5. The molecule has 1 fully saturated rings. The number of hydrogen-bond acceptors (Lipinski definition) is 5. The fourth-order valence-corrected chi connectivity index (χ4v) is 2.75. The Labute approximate surface area is 108 Å². The number of methoxy groups -OCH3 is 1. The fraction of sp³-hybridized carbons (Fsp3) is 0.692. The summed E-state index contributed by atoms with van der Waals surface area (Å²) in [7, 11) is 1.59. The van der Waals surface area contributed by atoms with Gasteiger partial charge in [-0.05, 0) is 31.1 Å². The Kier molecular flexibility index (Phi) is 3.89. The summed E-state index contributed by atoms with van der Waals surface area (Å²) in [4.78, 5) is 8.17. The van der Waals surface area contributed by atoms with Crippen molar-refractivity contribution in [2.75, 3.05) is 18.2 Å². The van der Waals surface area contributed by atoms with Gasteiger partial charge in [-0.3, -0.25) is 0 Å². The van der Waals surface area contributed by atoms with Gasteiger partial charge in [0.05, 0.1) is 7.11 Å². The number of anilines is 2. The molecule has 0 aromatic carbocycles. The van der Waals surface area contributed by atoms with Crippen molar-refractivity contribution in [3.8, 4) is 5.75 Å². The number of rotatable bonds is 3. The number of nitrogens with two attached hydrogens (primary N) is 1. The van der Waals surface area contributed by atoms with E-state index < -0.39 is 0 Å². The monoisotopic (exact) mass is 250 g/mol. The van der Waals surface area contributed by atoms with Crippen molar-refractivity contribution in [1.82, 2.24) is 9.97 Å². The Balaban J connectivity index is 2.12.